The Hall–Kier alpha value is -4.36. The average molecular weight is 849 g/mol. The van der Waals surface area contributed by atoms with Gasteiger partial charge in [0.1, 0.15) is 0 Å². The standard InChI is InChI=1S/2C22H25.C12H7Si.Zr/c2*1-4-9-17-10-6-7-12-20(17)21-13-8-11-18-14-19(15-22(18)21)16(3)5-2;1-3-7-11-9(5-1)10-6-2-4-8-12(10)13-11;/h2*6-8,10-16H,4-5,9H2,1-3H3;1-7H;/q3*-1;+3. The predicted molar refractivity (Wildman–Crippen MR) is 251 cm³/mol. The Labute approximate surface area is 370 Å². The van der Waals surface area contributed by atoms with E-state index in [4.69, 9.17) is 0 Å². The first-order valence-electron chi connectivity index (χ1n) is 21.4. The minimum Gasteiger partial charge on any atom is -0.184 e. The van der Waals surface area contributed by atoms with Crippen LogP contribution in [0.5, 0.6) is 0 Å². The Balaban J connectivity index is 0.000000150. The van der Waals surface area contributed by atoms with Crippen LogP contribution in [0.4, 0.5) is 0 Å². The van der Waals surface area contributed by atoms with Gasteiger partial charge in [0.2, 0.25) is 0 Å². The van der Waals surface area contributed by atoms with Crippen molar-refractivity contribution in [3.63, 3.8) is 0 Å². The summed E-state index contributed by atoms with van der Waals surface area (Å²) in [5, 5.41) is 8.38. The molecule has 0 fully saturated rings. The molecule has 0 saturated carbocycles. The normalized spacial score (nSPS) is 12.4. The van der Waals surface area contributed by atoms with Crippen molar-refractivity contribution in [2.45, 2.75) is 91.9 Å². The quantitative estimate of drug-likeness (QED) is 0.0950. The van der Waals surface area contributed by atoms with Crippen molar-refractivity contribution >= 4 is 41.4 Å². The number of rotatable bonds is 10. The molecular formula is C56H57SiZr. The van der Waals surface area contributed by atoms with Crippen LogP contribution < -0.4 is 10.4 Å². The van der Waals surface area contributed by atoms with Gasteiger partial charge in [-0.1, -0.05) is 174 Å². The molecule has 0 aromatic heterocycles. The molecule has 9 rings (SSSR count). The average Bonchev–Trinajstić information content (AvgIpc) is 4.00. The maximum atomic E-state index is 3.31. The van der Waals surface area contributed by atoms with Crippen LogP contribution >= 0.6 is 0 Å². The van der Waals surface area contributed by atoms with Crippen LogP contribution in [-0.4, -0.2) is 9.52 Å². The summed E-state index contributed by atoms with van der Waals surface area (Å²) < 4.78 is 0. The smallest absolute Gasteiger partial charge is 0.184 e. The van der Waals surface area contributed by atoms with Gasteiger partial charge in [-0.2, -0.15) is 41.6 Å². The van der Waals surface area contributed by atoms with Gasteiger partial charge in [0.25, 0.3) is 0 Å². The first-order chi connectivity index (χ1) is 27.9. The van der Waals surface area contributed by atoms with Crippen LogP contribution in [0.2, 0.25) is 0 Å². The number of aryl methyl sites for hydroxylation is 2. The molecule has 2 unspecified atom stereocenters. The SMILES string of the molecule is CCCc1ccccc1-c1cccc2[cH-]c(C(C)CC)cc12.CCCc1ccccc1-c1cccc2[cH-]c(C(C)CC)cc12.[Zr+3].[c-]1cccc2c1[Si]c1ccccc1-2. The molecule has 8 aromatic rings. The summed E-state index contributed by atoms with van der Waals surface area (Å²) in [5.74, 6) is 1.26. The van der Waals surface area contributed by atoms with Gasteiger partial charge >= 0.3 is 26.2 Å². The third-order valence-corrected chi connectivity index (χ3v) is 13.3. The Morgan fingerprint density at radius 3 is 1.45 bits per heavy atom. The van der Waals surface area contributed by atoms with E-state index < -0.39 is 0 Å². The van der Waals surface area contributed by atoms with Gasteiger partial charge in [-0.15, -0.1) is 74.6 Å². The number of benzene rings is 6. The molecule has 0 saturated heterocycles. The van der Waals surface area contributed by atoms with Crippen molar-refractivity contribution in [1.82, 2.24) is 0 Å². The fourth-order valence-corrected chi connectivity index (χ4v) is 9.60. The first kappa shape index (κ1) is 43.2. The van der Waals surface area contributed by atoms with E-state index in [2.05, 4.69) is 193 Å². The van der Waals surface area contributed by atoms with Crippen molar-refractivity contribution in [3.8, 4) is 33.4 Å². The zero-order valence-corrected chi connectivity index (χ0v) is 38.8. The van der Waals surface area contributed by atoms with Gasteiger partial charge in [-0.25, -0.2) is 0 Å². The summed E-state index contributed by atoms with van der Waals surface area (Å²) in [5.41, 5.74) is 14.2. The van der Waals surface area contributed by atoms with E-state index in [0.29, 0.717) is 11.8 Å². The van der Waals surface area contributed by atoms with Gasteiger partial charge in [-0.05, 0) is 46.9 Å². The Morgan fingerprint density at radius 1 is 0.500 bits per heavy atom. The zero-order chi connectivity index (χ0) is 39.7. The summed E-state index contributed by atoms with van der Waals surface area (Å²) in [6.45, 7) is 13.7. The van der Waals surface area contributed by atoms with Gasteiger partial charge in [0, 0.05) is 0 Å². The molecule has 0 bridgehead atoms. The van der Waals surface area contributed by atoms with Crippen molar-refractivity contribution in [2.24, 2.45) is 0 Å². The number of fused-ring (bicyclic) bond motifs is 5. The molecule has 2 heteroatoms. The fraction of sp³-hybridized carbons (Fsp3) is 0.250. The van der Waals surface area contributed by atoms with Crippen molar-refractivity contribution in [2.75, 3.05) is 0 Å². The van der Waals surface area contributed by atoms with Gasteiger partial charge < -0.3 is 0 Å². The summed E-state index contributed by atoms with van der Waals surface area (Å²) in [4.78, 5) is 0. The number of hydrogen-bond donors (Lipinski definition) is 0. The van der Waals surface area contributed by atoms with E-state index in [9.17, 15) is 0 Å². The van der Waals surface area contributed by atoms with Crippen molar-refractivity contribution < 1.29 is 26.2 Å². The van der Waals surface area contributed by atoms with Crippen molar-refractivity contribution in [1.29, 1.82) is 0 Å². The molecule has 0 nitrogen and oxygen atoms in total. The van der Waals surface area contributed by atoms with Gasteiger partial charge in [0.15, 0.2) is 0 Å². The minimum absolute atomic E-state index is 0. The molecule has 1 heterocycles. The van der Waals surface area contributed by atoms with Crippen LogP contribution in [0.25, 0.3) is 54.9 Å². The van der Waals surface area contributed by atoms with E-state index in [1.165, 1.54) is 113 Å². The Kier molecular flexibility index (Phi) is 15.3. The predicted octanol–water partition coefficient (Wildman–Crippen LogP) is 14.5. The molecule has 0 spiro atoms. The van der Waals surface area contributed by atoms with Crippen LogP contribution in [0.1, 0.15) is 101 Å². The molecule has 1 aliphatic heterocycles. The summed E-state index contributed by atoms with van der Waals surface area (Å²) in [7, 11) is 0.795. The van der Waals surface area contributed by atoms with Crippen LogP contribution in [0, 0.1) is 6.07 Å². The molecular weight excluding hydrogens is 792 g/mol. The summed E-state index contributed by atoms with van der Waals surface area (Å²) in [6.07, 6.45) is 7.05. The van der Waals surface area contributed by atoms with E-state index in [1.54, 1.807) is 0 Å². The molecule has 2 atom stereocenters. The van der Waals surface area contributed by atoms with Gasteiger partial charge in [0.05, 0.1) is 9.52 Å². The number of hydrogen-bond acceptors (Lipinski definition) is 0. The summed E-state index contributed by atoms with van der Waals surface area (Å²) in [6, 6.07) is 58.9. The molecule has 0 aliphatic carbocycles. The molecule has 1 aliphatic rings. The van der Waals surface area contributed by atoms with E-state index in [0.717, 1.165) is 22.4 Å². The minimum atomic E-state index is 0. The second kappa shape index (κ2) is 20.6. The van der Waals surface area contributed by atoms with E-state index >= 15 is 0 Å². The maximum absolute atomic E-state index is 3.31. The Bertz CT molecular complexity index is 2370. The molecule has 0 N–H and O–H groups in total. The van der Waals surface area contributed by atoms with Crippen LogP contribution in [0.3, 0.4) is 0 Å². The molecule has 0 amide bonds. The molecule has 3 radical (unpaired) electrons. The monoisotopic (exact) mass is 847 g/mol. The van der Waals surface area contributed by atoms with E-state index in [1.807, 2.05) is 6.07 Å². The Morgan fingerprint density at radius 2 is 0.948 bits per heavy atom. The maximum Gasteiger partial charge on any atom is 3.00 e. The second-order valence-corrected chi connectivity index (χ2v) is 17.0. The summed E-state index contributed by atoms with van der Waals surface area (Å²) >= 11 is 0. The molecule has 8 aromatic carbocycles. The third kappa shape index (κ3) is 9.57. The third-order valence-electron chi connectivity index (χ3n) is 11.9. The molecule has 289 valence electrons. The molecule has 58 heavy (non-hydrogen) atoms. The zero-order valence-electron chi connectivity index (χ0n) is 35.3. The van der Waals surface area contributed by atoms with Crippen LogP contribution in [0.15, 0.2) is 152 Å². The largest absolute Gasteiger partial charge is 3.00 e. The van der Waals surface area contributed by atoms with E-state index in [-0.39, 0.29) is 26.2 Å². The van der Waals surface area contributed by atoms with Crippen molar-refractivity contribution in [3.05, 3.63) is 180 Å². The van der Waals surface area contributed by atoms with Crippen LogP contribution in [-0.2, 0) is 39.0 Å². The first-order valence-corrected chi connectivity index (χ1v) is 22.4. The fourth-order valence-electron chi connectivity index (χ4n) is 8.29. The topological polar surface area (TPSA) is 0 Å². The van der Waals surface area contributed by atoms with Gasteiger partial charge in [-0.3, -0.25) is 0 Å². The second-order valence-electron chi connectivity index (χ2n) is 15.8.